The van der Waals surface area contributed by atoms with Gasteiger partial charge in [-0.1, -0.05) is 0 Å². The van der Waals surface area contributed by atoms with Gasteiger partial charge in [0.1, 0.15) is 0 Å². The van der Waals surface area contributed by atoms with Crippen LogP contribution in [-0.4, -0.2) is 58.5 Å². The molecule has 4 nitrogen and oxygen atoms in total. The highest BCUT2D eigenvalue weighted by Gasteiger charge is 1.92. The average molecular weight is 204 g/mol. The van der Waals surface area contributed by atoms with E-state index < -0.39 is 0 Å². The molecule has 86 valence electrons. The molecule has 0 heterocycles. The number of hydrogen-bond donors (Lipinski definition) is 1. The molecule has 2 N–H and O–H groups in total. The second-order valence-electron chi connectivity index (χ2n) is 3.52. The Kier molecular flexibility index (Phi) is 10.8. The fourth-order valence-corrected chi connectivity index (χ4v) is 0.990. The summed E-state index contributed by atoms with van der Waals surface area (Å²) >= 11 is 0. The molecule has 0 fully saturated rings. The Labute approximate surface area is 87.4 Å². The zero-order valence-electron chi connectivity index (χ0n) is 9.50. The highest BCUT2D eigenvalue weighted by atomic mass is 16.5. The zero-order valence-corrected chi connectivity index (χ0v) is 9.50. The van der Waals surface area contributed by atoms with Gasteiger partial charge in [-0.05, 0) is 40.0 Å². The molecular weight excluding hydrogens is 180 g/mol. The summed E-state index contributed by atoms with van der Waals surface area (Å²) in [4.78, 5) is 2.15. The van der Waals surface area contributed by atoms with E-state index in [-0.39, 0.29) is 0 Å². The molecule has 0 radical (unpaired) electrons. The molecule has 0 rings (SSSR count). The molecule has 0 amide bonds. The lowest BCUT2D eigenvalue weighted by Crippen LogP contribution is -2.15. The van der Waals surface area contributed by atoms with Crippen LogP contribution in [0.2, 0.25) is 0 Å². The molecule has 14 heavy (non-hydrogen) atoms. The SMILES string of the molecule is CN(C)CCCOCCOCCCN. The molecule has 0 bridgehead atoms. The third kappa shape index (κ3) is 11.8. The summed E-state index contributed by atoms with van der Waals surface area (Å²) < 4.78 is 10.7. The van der Waals surface area contributed by atoms with Crippen molar-refractivity contribution in [2.75, 3.05) is 53.6 Å². The largest absolute Gasteiger partial charge is 0.379 e. The van der Waals surface area contributed by atoms with Gasteiger partial charge in [-0.25, -0.2) is 0 Å². The van der Waals surface area contributed by atoms with Crippen molar-refractivity contribution in [1.82, 2.24) is 4.90 Å². The lowest BCUT2D eigenvalue weighted by molar-refractivity contribution is 0.0450. The number of nitrogens with zero attached hydrogens (tertiary/aromatic N) is 1. The van der Waals surface area contributed by atoms with Crippen molar-refractivity contribution in [1.29, 1.82) is 0 Å². The molecule has 0 aromatic rings. The summed E-state index contributed by atoms with van der Waals surface area (Å²) in [6.45, 7) is 4.72. The maximum Gasteiger partial charge on any atom is 0.0700 e. The molecule has 0 aliphatic heterocycles. The van der Waals surface area contributed by atoms with Gasteiger partial charge in [-0.15, -0.1) is 0 Å². The Morgan fingerprint density at radius 2 is 1.50 bits per heavy atom. The van der Waals surface area contributed by atoms with Gasteiger partial charge in [0.2, 0.25) is 0 Å². The van der Waals surface area contributed by atoms with Gasteiger partial charge in [0.15, 0.2) is 0 Å². The molecule has 4 heteroatoms. The van der Waals surface area contributed by atoms with E-state index in [0.29, 0.717) is 19.8 Å². The maximum atomic E-state index is 5.38. The van der Waals surface area contributed by atoms with Crippen LogP contribution in [0.4, 0.5) is 0 Å². The molecule has 0 unspecified atom stereocenters. The van der Waals surface area contributed by atoms with Crippen molar-refractivity contribution in [2.24, 2.45) is 5.73 Å². The van der Waals surface area contributed by atoms with Crippen molar-refractivity contribution in [3.05, 3.63) is 0 Å². The van der Waals surface area contributed by atoms with Crippen LogP contribution in [-0.2, 0) is 9.47 Å². The minimum Gasteiger partial charge on any atom is -0.379 e. The van der Waals surface area contributed by atoms with E-state index >= 15 is 0 Å². The quantitative estimate of drug-likeness (QED) is 0.521. The first-order valence-electron chi connectivity index (χ1n) is 5.27. The summed E-state index contributed by atoms with van der Waals surface area (Å²) in [5.41, 5.74) is 5.32. The normalized spacial score (nSPS) is 11.1. The van der Waals surface area contributed by atoms with Crippen molar-refractivity contribution in [3.8, 4) is 0 Å². The van der Waals surface area contributed by atoms with Crippen molar-refractivity contribution >= 4 is 0 Å². The lowest BCUT2D eigenvalue weighted by Gasteiger charge is -2.09. The summed E-state index contributed by atoms with van der Waals surface area (Å²) in [7, 11) is 4.13. The van der Waals surface area contributed by atoms with Crippen LogP contribution in [0, 0.1) is 0 Å². The fraction of sp³-hybridized carbons (Fsp3) is 1.00. The first kappa shape index (κ1) is 13.8. The van der Waals surface area contributed by atoms with Crippen molar-refractivity contribution < 1.29 is 9.47 Å². The lowest BCUT2D eigenvalue weighted by atomic mass is 10.4. The number of rotatable bonds is 10. The van der Waals surface area contributed by atoms with Crippen molar-refractivity contribution in [2.45, 2.75) is 12.8 Å². The predicted octanol–water partition coefficient (Wildman–Crippen LogP) is 0.320. The number of ether oxygens (including phenoxy) is 2. The van der Waals surface area contributed by atoms with E-state index in [4.69, 9.17) is 15.2 Å². The maximum absolute atomic E-state index is 5.38. The van der Waals surface area contributed by atoms with Gasteiger partial charge < -0.3 is 20.1 Å². The highest BCUT2D eigenvalue weighted by molar-refractivity contribution is 4.42. The van der Waals surface area contributed by atoms with Gasteiger partial charge in [-0.3, -0.25) is 0 Å². The molecule has 0 spiro atoms. The number of hydrogen-bond acceptors (Lipinski definition) is 4. The Morgan fingerprint density at radius 3 is 2.00 bits per heavy atom. The van der Waals surface area contributed by atoms with E-state index in [1.165, 1.54) is 0 Å². The fourth-order valence-electron chi connectivity index (χ4n) is 0.990. The van der Waals surface area contributed by atoms with Crippen LogP contribution in [0.5, 0.6) is 0 Å². The molecule has 0 atom stereocenters. The van der Waals surface area contributed by atoms with Crippen LogP contribution < -0.4 is 5.73 Å². The average Bonchev–Trinajstić information content (AvgIpc) is 2.15. The molecule has 0 saturated heterocycles. The monoisotopic (exact) mass is 204 g/mol. The van der Waals surface area contributed by atoms with Crippen LogP contribution in [0.25, 0.3) is 0 Å². The van der Waals surface area contributed by atoms with E-state index in [9.17, 15) is 0 Å². The summed E-state index contributed by atoms with van der Waals surface area (Å²) in [5.74, 6) is 0. The smallest absolute Gasteiger partial charge is 0.0700 e. The molecular formula is C10H24N2O2. The van der Waals surface area contributed by atoms with Gasteiger partial charge in [-0.2, -0.15) is 0 Å². The van der Waals surface area contributed by atoms with Gasteiger partial charge in [0.25, 0.3) is 0 Å². The first-order valence-corrected chi connectivity index (χ1v) is 5.27. The minimum atomic E-state index is 0.683. The molecule has 0 saturated carbocycles. The topological polar surface area (TPSA) is 47.7 Å². The van der Waals surface area contributed by atoms with Crippen LogP contribution >= 0.6 is 0 Å². The minimum absolute atomic E-state index is 0.683. The van der Waals surface area contributed by atoms with Gasteiger partial charge in [0.05, 0.1) is 13.2 Å². The van der Waals surface area contributed by atoms with Gasteiger partial charge >= 0.3 is 0 Å². The van der Waals surface area contributed by atoms with E-state index in [2.05, 4.69) is 19.0 Å². The number of nitrogens with two attached hydrogens (primary N) is 1. The van der Waals surface area contributed by atoms with Gasteiger partial charge in [0, 0.05) is 13.2 Å². The van der Waals surface area contributed by atoms with Crippen LogP contribution in [0.3, 0.4) is 0 Å². The summed E-state index contributed by atoms with van der Waals surface area (Å²) in [6.07, 6.45) is 2.01. The van der Waals surface area contributed by atoms with Crippen LogP contribution in [0.15, 0.2) is 0 Å². The standard InChI is InChI=1S/C10H24N2O2/c1-12(2)6-4-8-14-10-9-13-7-3-5-11/h3-11H2,1-2H3. The molecule has 0 aromatic carbocycles. The Hall–Kier alpha value is -0.160. The Balaban J connectivity index is 2.85. The molecule has 0 aliphatic rings. The van der Waals surface area contributed by atoms with E-state index in [1.54, 1.807) is 0 Å². The zero-order chi connectivity index (χ0) is 10.6. The van der Waals surface area contributed by atoms with Crippen LogP contribution in [0.1, 0.15) is 12.8 Å². The molecule has 0 aromatic heterocycles. The Morgan fingerprint density at radius 1 is 0.929 bits per heavy atom. The van der Waals surface area contributed by atoms with E-state index in [1.807, 2.05) is 0 Å². The summed E-state index contributed by atoms with van der Waals surface area (Å²) in [5, 5.41) is 0. The summed E-state index contributed by atoms with van der Waals surface area (Å²) in [6, 6.07) is 0. The third-order valence-corrected chi connectivity index (χ3v) is 1.76. The Bertz CT molecular complexity index is 110. The molecule has 0 aliphatic carbocycles. The first-order chi connectivity index (χ1) is 6.77. The third-order valence-electron chi connectivity index (χ3n) is 1.76. The predicted molar refractivity (Wildman–Crippen MR) is 58.5 cm³/mol. The van der Waals surface area contributed by atoms with E-state index in [0.717, 1.165) is 32.6 Å². The van der Waals surface area contributed by atoms with Crippen molar-refractivity contribution in [3.63, 3.8) is 0 Å². The second-order valence-corrected chi connectivity index (χ2v) is 3.52. The highest BCUT2D eigenvalue weighted by Crippen LogP contribution is 1.86. The second kappa shape index (κ2) is 10.9.